The summed E-state index contributed by atoms with van der Waals surface area (Å²) in [6.07, 6.45) is 2.58. The van der Waals surface area contributed by atoms with Gasteiger partial charge in [0.25, 0.3) is 0 Å². The fraction of sp³-hybridized carbons (Fsp3) is 0.300. The van der Waals surface area contributed by atoms with Crippen molar-refractivity contribution in [2.24, 2.45) is 0 Å². The van der Waals surface area contributed by atoms with Gasteiger partial charge in [-0.25, -0.2) is 9.59 Å². The summed E-state index contributed by atoms with van der Waals surface area (Å²) in [5.41, 5.74) is 0.335. The summed E-state index contributed by atoms with van der Waals surface area (Å²) in [6.45, 7) is 8.37. The van der Waals surface area contributed by atoms with Gasteiger partial charge in [0.05, 0.1) is 13.2 Å². The molecule has 0 saturated carbocycles. The van der Waals surface area contributed by atoms with Crippen molar-refractivity contribution in [3.63, 3.8) is 0 Å². The SMILES string of the molecule is C=CC(=O)OC[CH]COC(=O)C(=C)C. The van der Waals surface area contributed by atoms with Crippen LogP contribution in [-0.4, -0.2) is 25.2 Å². The summed E-state index contributed by atoms with van der Waals surface area (Å²) < 4.78 is 9.31. The average Bonchev–Trinajstić information content (AvgIpc) is 2.16. The second kappa shape index (κ2) is 6.88. The largest absolute Gasteiger partial charge is 0.462 e. The van der Waals surface area contributed by atoms with Crippen molar-refractivity contribution in [2.45, 2.75) is 6.92 Å². The Morgan fingerprint density at radius 3 is 2.36 bits per heavy atom. The van der Waals surface area contributed by atoms with Gasteiger partial charge in [0.15, 0.2) is 0 Å². The molecule has 0 spiro atoms. The van der Waals surface area contributed by atoms with Crippen LogP contribution in [0.25, 0.3) is 0 Å². The lowest BCUT2D eigenvalue weighted by Crippen LogP contribution is -2.10. The molecule has 0 aliphatic rings. The van der Waals surface area contributed by atoms with Gasteiger partial charge >= 0.3 is 11.9 Å². The molecule has 0 atom stereocenters. The lowest BCUT2D eigenvalue weighted by atomic mass is 10.4. The molecule has 0 amide bonds. The first-order valence-corrected chi connectivity index (χ1v) is 4.01. The maximum atomic E-state index is 10.8. The first kappa shape index (κ1) is 12.4. The van der Waals surface area contributed by atoms with E-state index in [1.165, 1.54) is 6.42 Å². The highest BCUT2D eigenvalue weighted by Gasteiger charge is 2.02. The summed E-state index contributed by atoms with van der Waals surface area (Å²) >= 11 is 0. The van der Waals surface area contributed by atoms with E-state index in [0.29, 0.717) is 5.57 Å². The van der Waals surface area contributed by atoms with Crippen LogP contribution in [0, 0.1) is 6.42 Å². The van der Waals surface area contributed by atoms with E-state index in [9.17, 15) is 9.59 Å². The number of rotatable bonds is 6. The summed E-state index contributed by atoms with van der Waals surface area (Å²) in [6, 6.07) is 0. The lowest BCUT2D eigenvalue weighted by Gasteiger charge is -2.03. The minimum atomic E-state index is -0.507. The third kappa shape index (κ3) is 5.99. The lowest BCUT2D eigenvalue weighted by molar-refractivity contribution is -0.138. The third-order valence-corrected chi connectivity index (χ3v) is 1.19. The van der Waals surface area contributed by atoms with Crippen molar-refractivity contribution in [2.75, 3.05) is 13.2 Å². The summed E-state index contributed by atoms with van der Waals surface area (Å²) in [5, 5.41) is 0. The molecule has 0 aliphatic heterocycles. The summed E-state index contributed by atoms with van der Waals surface area (Å²) in [4.78, 5) is 21.4. The fourth-order valence-corrected chi connectivity index (χ4v) is 0.506. The molecule has 0 aliphatic carbocycles. The third-order valence-electron chi connectivity index (χ3n) is 1.19. The molecule has 0 fully saturated rings. The molecule has 0 bridgehead atoms. The number of carbonyl (C=O) groups excluding carboxylic acids is 2. The minimum Gasteiger partial charge on any atom is -0.462 e. The van der Waals surface area contributed by atoms with Crippen LogP contribution >= 0.6 is 0 Å². The highest BCUT2D eigenvalue weighted by atomic mass is 16.5. The molecule has 1 radical (unpaired) electrons. The van der Waals surface area contributed by atoms with Crippen molar-refractivity contribution >= 4 is 11.9 Å². The minimum absolute atomic E-state index is 0.0916. The van der Waals surface area contributed by atoms with Crippen LogP contribution in [0.5, 0.6) is 0 Å². The van der Waals surface area contributed by atoms with Gasteiger partial charge in [-0.3, -0.25) is 0 Å². The first-order chi connectivity index (χ1) is 6.57. The van der Waals surface area contributed by atoms with Crippen molar-refractivity contribution in [3.05, 3.63) is 31.2 Å². The van der Waals surface area contributed by atoms with Gasteiger partial charge in [0.2, 0.25) is 0 Å². The van der Waals surface area contributed by atoms with E-state index in [4.69, 9.17) is 4.74 Å². The van der Waals surface area contributed by atoms with Crippen LogP contribution in [-0.2, 0) is 19.1 Å². The standard InChI is InChI=1S/C10H13O4/c1-4-9(11)13-6-5-7-14-10(12)8(2)3/h4-5H,1-2,6-7H2,3H3. The maximum Gasteiger partial charge on any atom is 0.333 e. The second-order valence-corrected chi connectivity index (χ2v) is 2.50. The molecule has 0 aromatic rings. The Hall–Kier alpha value is -1.58. The van der Waals surface area contributed by atoms with E-state index in [-0.39, 0.29) is 13.2 Å². The van der Waals surface area contributed by atoms with Gasteiger partial charge in [0.1, 0.15) is 0 Å². The number of hydrogen-bond acceptors (Lipinski definition) is 4. The summed E-state index contributed by atoms with van der Waals surface area (Å²) in [7, 11) is 0. The molecule has 4 heteroatoms. The van der Waals surface area contributed by atoms with Gasteiger partial charge in [-0.1, -0.05) is 13.2 Å². The Balaban J connectivity index is 3.38. The van der Waals surface area contributed by atoms with Crippen LogP contribution in [0.2, 0.25) is 0 Å². The van der Waals surface area contributed by atoms with E-state index in [1.807, 2.05) is 0 Å². The molecule has 0 rings (SSSR count). The molecule has 0 aromatic carbocycles. The Morgan fingerprint density at radius 2 is 1.86 bits per heavy atom. The molecular formula is C10H13O4. The van der Waals surface area contributed by atoms with Crippen LogP contribution < -0.4 is 0 Å². The zero-order valence-electron chi connectivity index (χ0n) is 8.12. The van der Waals surface area contributed by atoms with E-state index < -0.39 is 11.9 Å². The Kier molecular flexibility index (Phi) is 6.11. The van der Waals surface area contributed by atoms with Crippen LogP contribution in [0.4, 0.5) is 0 Å². The predicted molar refractivity (Wildman–Crippen MR) is 51.2 cm³/mol. The molecule has 0 saturated heterocycles. The van der Waals surface area contributed by atoms with Crippen molar-refractivity contribution in [3.8, 4) is 0 Å². The summed E-state index contributed by atoms with van der Waals surface area (Å²) in [5.74, 6) is -0.969. The highest BCUT2D eigenvalue weighted by molar-refractivity contribution is 5.86. The van der Waals surface area contributed by atoms with E-state index in [2.05, 4.69) is 17.9 Å². The predicted octanol–water partition coefficient (Wildman–Crippen LogP) is 1.04. The Bertz CT molecular complexity index is 243. The second-order valence-electron chi connectivity index (χ2n) is 2.50. The van der Waals surface area contributed by atoms with Gasteiger partial charge in [-0.05, 0) is 6.92 Å². The van der Waals surface area contributed by atoms with E-state index >= 15 is 0 Å². The topological polar surface area (TPSA) is 52.6 Å². The molecule has 0 unspecified atom stereocenters. The molecule has 0 aromatic heterocycles. The smallest absolute Gasteiger partial charge is 0.333 e. The highest BCUT2D eigenvalue weighted by Crippen LogP contribution is 1.93. The zero-order chi connectivity index (χ0) is 11.0. The molecule has 0 heterocycles. The first-order valence-electron chi connectivity index (χ1n) is 4.01. The Labute approximate surface area is 83.2 Å². The van der Waals surface area contributed by atoms with Gasteiger partial charge in [-0.15, -0.1) is 0 Å². The normalized spacial score (nSPS) is 8.93. The van der Waals surface area contributed by atoms with E-state index in [1.54, 1.807) is 6.92 Å². The molecule has 77 valence electrons. The fourth-order valence-electron chi connectivity index (χ4n) is 0.506. The number of esters is 2. The van der Waals surface area contributed by atoms with Gasteiger partial charge < -0.3 is 9.47 Å². The van der Waals surface area contributed by atoms with Crippen LogP contribution in [0.3, 0.4) is 0 Å². The average molecular weight is 197 g/mol. The van der Waals surface area contributed by atoms with Crippen molar-refractivity contribution < 1.29 is 19.1 Å². The van der Waals surface area contributed by atoms with Crippen LogP contribution in [0.15, 0.2) is 24.8 Å². The number of carbonyl (C=O) groups is 2. The van der Waals surface area contributed by atoms with Gasteiger partial charge in [0, 0.05) is 18.1 Å². The molecular weight excluding hydrogens is 184 g/mol. The molecule has 4 nitrogen and oxygen atoms in total. The van der Waals surface area contributed by atoms with Crippen molar-refractivity contribution in [1.82, 2.24) is 0 Å². The van der Waals surface area contributed by atoms with Crippen molar-refractivity contribution in [1.29, 1.82) is 0 Å². The van der Waals surface area contributed by atoms with Gasteiger partial charge in [-0.2, -0.15) is 0 Å². The number of hydrogen-bond donors (Lipinski definition) is 0. The van der Waals surface area contributed by atoms with Crippen LogP contribution in [0.1, 0.15) is 6.92 Å². The molecule has 14 heavy (non-hydrogen) atoms. The van der Waals surface area contributed by atoms with E-state index in [0.717, 1.165) is 6.08 Å². The number of ether oxygens (including phenoxy) is 2. The Morgan fingerprint density at radius 1 is 1.29 bits per heavy atom. The molecule has 0 N–H and O–H groups in total. The monoisotopic (exact) mass is 197 g/mol. The zero-order valence-corrected chi connectivity index (χ0v) is 8.12. The quantitative estimate of drug-likeness (QED) is 0.362. The maximum absolute atomic E-state index is 10.8.